The van der Waals surface area contributed by atoms with Crippen LogP contribution in [-0.2, 0) is 0 Å². The topological polar surface area (TPSA) is 68.2 Å². The number of hydrogen-bond acceptors (Lipinski definition) is 5. The summed E-state index contributed by atoms with van der Waals surface area (Å²) in [4.78, 5) is 27.0. The fourth-order valence-electron chi connectivity index (χ4n) is 2.99. The van der Waals surface area contributed by atoms with E-state index < -0.39 is 5.82 Å². The zero-order valence-corrected chi connectivity index (χ0v) is 13.8. The van der Waals surface area contributed by atoms with E-state index in [1.54, 1.807) is 17.2 Å². The summed E-state index contributed by atoms with van der Waals surface area (Å²) in [6, 6.07) is 4.52. The van der Waals surface area contributed by atoms with Crippen molar-refractivity contribution in [3.8, 4) is 5.88 Å². The minimum Gasteiger partial charge on any atom is -0.472 e. The van der Waals surface area contributed by atoms with Crippen molar-refractivity contribution in [2.75, 3.05) is 13.1 Å². The smallest absolute Gasteiger partial charge is 0.272 e. The highest BCUT2D eigenvalue weighted by Crippen LogP contribution is 2.37. The van der Waals surface area contributed by atoms with Crippen LogP contribution in [0.3, 0.4) is 0 Å². The minimum absolute atomic E-state index is 0.0251. The van der Waals surface area contributed by atoms with Crippen molar-refractivity contribution >= 4 is 5.91 Å². The van der Waals surface area contributed by atoms with Gasteiger partial charge in [0, 0.05) is 44.2 Å². The van der Waals surface area contributed by atoms with Gasteiger partial charge in [0.1, 0.15) is 17.6 Å². The maximum Gasteiger partial charge on any atom is 0.272 e. The number of hydrogen-bond donors (Lipinski definition) is 0. The van der Waals surface area contributed by atoms with Gasteiger partial charge in [0.15, 0.2) is 5.82 Å². The van der Waals surface area contributed by atoms with Gasteiger partial charge in [-0.15, -0.1) is 0 Å². The van der Waals surface area contributed by atoms with Crippen LogP contribution in [0.5, 0.6) is 5.88 Å². The van der Waals surface area contributed by atoms with Crippen LogP contribution in [0.2, 0.25) is 0 Å². The summed E-state index contributed by atoms with van der Waals surface area (Å²) < 4.78 is 19.2. The van der Waals surface area contributed by atoms with Crippen LogP contribution in [0.4, 0.5) is 4.39 Å². The van der Waals surface area contributed by atoms with Crippen LogP contribution >= 0.6 is 0 Å². The number of pyridine rings is 1. The largest absolute Gasteiger partial charge is 0.472 e. The first-order chi connectivity index (χ1) is 12.2. The van der Waals surface area contributed by atoms with Crippen LogP contribution in [0.15, 0.2) is 30.6 Å². The van der Waals surface area contributed by atoms with Crippen LogP contribution in [0, 0.1) is 5.82 Å². The zero-order valence-electron chi connectivity index (χ0n) is 13.8. The molecule has 0 aromatic carbocycles. The van der Waals surface area contributed by atoms with Gasteiger partial charge in [-0.25, -0.2) is 19.3 Å². The molecular weight excluding hydrogens is 323 g/mol. The van der Waals surface area contributed by atoms with Gasteiger partial charge in [-0.2, -0.15) is 0 Å². The van der Waals surface area contributed by atoms with E-state index in [9.17, 15) is 9.18 Å². The van der Waals surface area contributed by atoms with Crippen LogP contribution < -0.4 is 4.74 Å². The number of ether oxygens (including phenoxy) is 1. The first-order valence-corrected chi connectivity index (χ1v) is 8.60. The maximum atomic E-state index is 13.6. The van der Waals surface area contributed by atoms with Crippen molar-refractivity contribution in [1.82, 2.24) is 19.9 Å². The molecule has 25 heavy (non-hydrogen) atoms. The van der Waals surface area contributed by atoms with Crippen LogP contribution in [0.1, 0.15) is 47.9 Å². The summed E-state index contributed by atoms with van der Waals surface area (Å²) in [6.45, 7) is 1.11. The predicted octanol–water partition coefficient (Wildman–Crippen LogP) is 2.57. The monoisotopic (exact) mass is 342 g/mol. The van der Waals surface area contributed by atoms with Crippen molar-refractivity contribution in [2.45, 2.75) is 37.7 Å². The first kappa shape index (κ1) is 15.9. The number of carbonyl (C=O) groups excluding carboxylic acids is 1. The second kappa shape index (κ2) is 6.74. The molecule has 7 heteroatoms. The van der Waals surface area contributed by atoms with E-state index in [0.717, 1.165) is 18.7 Å². The fourth-order valence-corrected chi connectivity index (χ4v) is 2.99. The Morgan fingerprint density at radius 3 is 2.64 bits per heavy atom. The molecule has 2 aliphatic rings. The van der Waals surface area contributed by atoms with Crippen molar-refractivity contribution < 1.29 is 13.9 Å². The zero-order chi connectivity index (χ0) is 17.2. The van der Waals surface area contributed by atoms with Gasteiger partial charge in [-0.3, -0.25) is 4.79 Å². The van der Waals surface area contributed by atoms with Gasteiger partial charge in [-0.1, -0.05) is 0 Å². The molecule has 1 saturated heterocycles. The number of piperidine rings is 1. The lowest BCUT2D eigenvalue weighted by atomic mass is 10.1. The highest BCUT2D eigenvalue weighted by molar-refractivity contribution is 5.92. The van der Waals surface area contributed by atoms with Crippen molar-refractivity contribution in [1.29, 1.82) is 0 Å². The summed E-state index contributed by atoms with van der Waals surface area (Å²) in [7, 11) is 0. The molecule has 0 N–H and O–H groups in total. The Kier molecular flexibility index (Phi) is 4.29. The van der Waals surface area contributed by atoms with E-state index in [1.807, 2.05) is 0 Å². The molecule has 0 bridgehead atoms. The Morgan fingerprint density at radius 1 is 1.12 bits per heavy atom. The summed E-state index contributed by atoms with van der Waals surface area (Å²) in [5.74, 6) is 0.674. The standard InChI is InChI=1S/C18H19FN4O2/c19-14-2-1-8-21-17(14)25-13-6-10-23(11-7-13)18(24)15-5-9-20-16(22-15)12-3-4-12/h1-2,5,8-9,12-13H,3-4,6-7,10-11H2. The lowest BCUT2D eigenvalue weighted by Crippen LogP contribution is -2.42. The van der Waals surface area contributed by atoms with E-state index in [2.05, 4.69) is 15.0 Å². The van der Waals surface area contributed by atoms with E-state index in [1.165, 1.54) is 18.3 Å². The predicted molar refractivity (Wildman–Crippen MR) is 87.8 cm³/mol. The SMILES string of the molecule is O=C(c1ccnc(C2CC2)n1)N1CCC(Oc2ncccc2F)CC1. The van der Waals surface area contributed by atoms with Crippen LogP contribution in [-0.4, -0.2) is 45.0 Å². The number of aromatic nitrogens is 3. The van der Waals surface area contributed by atoms with Gasteiger partial charge in [0.05, 0.1) is 0 Å². The third-order valence-corrected chi connectivity index (χ3v) is 4.57. The number of nitrogens with zero attached hydrogens (tertiary/aromatic N) is 4. The summed E-state index contributed by atoms with van der Waals surface area (Å²) in [5.41, 5.74) is 0.451. The average molecular weight is 342 g/mol. The van der Waals surface area contributed by atoms with E-state index >= 15 is 0 Å². The summed E-state index contributed by atoms with van der Waals surface area (Å²) in [5, 5.41) is 0. The molecule has 3 heterocycles. The Morgan fingerprint density at radius 2 is 1.92 bits per heavy atom. The molecule has 4 rings (SSSR count). The second-order valence-electron chi connectivity index (χ2n) is 6.47. The molecule has 2 aromatic rings. The van der Waals surface area contributed by atoms with Gasteiger partial charge in [0.2, 0.25) is 0 Å². The Labute approximate surface area is 145 Å². The molecule has 130 valence electrons. The molecule has 0 spiro atoms. The Hall–Kier alpha value is -2.57. The fraction of sp³-hybridized carbons (Fsp3) is 0.444. The maximum absolute atomic E-state index is 13.6. The third-order valence-electron chi connectivity index (χ3n) is 4.57. The van der Waals surface area contributed by atoms with Gasteiger partial charge in [-0.05, 0) is 31.0 Å². The normalized spacial score (nSPS) is 18.2. The van der Waals surface area contributed by atoms with Crippen molar-refractivity contribution in [3.63, 3.8) is 0 Å². The third kappa shape index (κ3) is 3.60. The quantitative estimate of drug-likeness (QED) is 0.854. The molecule has 0 radical (unpaired) electrons. The molecule has 6 nitrogen and oxygen atoms in total. The molecule has 1 aliphatic heterocycles. The van der Waals surface area contributed by atoms with Gasteiger partial charge >= 0.3 is 0 Å². The first-order valence-electron chi connectivity index (χ1n) is 8.60. The number of carbonyl (C=O) groups is 1. The average Bonchev–Trinajstić information content (AvgIpc) is 3.49. The summed E-state index contributed by atoms with van der Waals surface area (Å²) >= 11 is 0. The highest BCUT2D eigenvalue weighted by atomic mass is 19.1. The van der Waals surface area contributed by atoms with Crippen LogP contribution in [0.25, 0.3) is 0 Å². The Bertz CT molecular complexity index is 773. The van der Waals surface area contributed by atoms with Crippen molar-refractivity contribution in [3.05, 3.63) is 47.9 Å². The van der Waals surface area contributed by atoms with Crippen molar-refractivity contribution in [2.24, 2.45) is 0 Å². The molecule has 0 unspecified atom stereocenters. The minimum atomic E-state index is -0.463. The van der Waals surface area contributed by atoms with E-state index in [-0.39, 0.29) is 17.9 Å². The number of likely N-dealkylation sites (tertiary alicyclic amines) is 1. The van der Waals surface area contributed by atoms with E-state index in [0.29, 0.717) is 37.5 Å². The lowest BCUT2D eigenvalue weighted by molar-refractivity contribution is 0.0573. The molecule has 1 saturated carbocycles. The molecular formula is C18H19FN4O2. The number of amides is 1. The number of halogens is 1. The molecule has 1 amide bonds. The lowest BCUT2D eigenvalue weighted by Gasteiger charge is -2.31. The highest BCUT2D eigenvalue weighted by Gasteiger charge is 2.29. The molecule has 2 aromatic heterocycles. The molecule has 1 aliphatic carbocycles. The summed E-state index contributed by atoms with van der Waals surface area (Å²) in [6.07, 6.45) is 6.51. The second-order valence-corrected chi connectivity index (χ2v) is 6.47. The molecule has 2 fully saturated rings. The Balaban J connectivity index is 1.36. The van der Waals surface area contributed by atoms with Gasteiger partial charge in [0.25, 0.3) is 11.8 Å². The van der Waals surface area contributed by atoms with E-state index in [4.69, 9.17) is 4.74 Å². The molecule has 0 atom stereocenters. The number of rotatable bonds is 4. The van der Waals surface area contributed by atoms with Gasteiger partial charge < -0.3 is 9.64 Å².